The summed E-state index contributed by atoms with van der Waals surface area (Å²) in [6, 6.07) is 5.86. The monoisotopic (exact) mass is 334 g/mol. The molecule has 2 aromatic rings. The van der Waals surface area contributed by atoms with E-state index in [-0.39, 0.29) is 12.1 Å². The predicted octanol–water partition coefficient (Wildman–Crippen LogP) is 3.73. The van der Waals surface area contributed by atoms with Crippen molar-refractivity contribution >= 4 is 27.6 Å². The summed E-state index contributed by atoms with van der Waals surface area (Å²) in [6.45, 7) is 6.08. The fraction of sp³-hybridized carbons (Fsp3) is 0.529. The van der Waals surface area contributed by atoms with Crippen LogP contribution in [-0.4, -0.2) is 39.3 Å². The van der Waals surface area contributed by atoms with Gasteiger partial charge in [-0.15, -0.1) is 11.3 Å². The van der Waals surface area contributed by atoms with Crippen molar-refractivity contribution in [3.8, 4) is 0 Å². The zero-order valence-corrected chi connectivity index (χ0v) is 14.5. The van der Waals surface area contributed by atoms with Crippen LogP contribution in [0, 0.1) is 0 Å². The lowest BCUT2D eigenvalue weighted by Crippen LogP contribution is -2.44. The highest BCUT2D eigenvalue weighted by molar-refractivity contribution is 7.16. The smallest absolute Gasteiger partial charge is 0.410 e. The summed E-state index contributed by atoms with van der Waals surface area (Å²) in [5.74, 6) is 0. The molecule has 0 saturated carbocycles. The quantitative estimate of drug-likeness (QED) is 0.863. The van der Waals surface area contributed by atoms with Gasteiger partial charge in [-0.2, -0.15) is 0 Å². The van der Waals surface area contributed by atoms with E-state index in [0.29, 0.717) is 19.4 Å². The fourth-order valence-electron chi connectivity index (χ4n) is 2.88. The average molecular weight is 334 g/mol. The number of carbonyl (C=O) groups excluding carboxylic acids is 1. The maximum Gasteiger partial charge on any atom is 0.410 e. The molecule has 5 nitrogen and oxygen atoms in total. The number of aliphatic hydroxyl groups is 1. The van der Waals surface area contributed by atoms with Crippen LogP contribution in [0.3, 0.4) is 0 Å². The Kier molecular flexibility index (Phi) is 4.29. The Morgan fingerprint density at radius 2 is 2.22 bits per heavy atom. The molecular weight excluding hydrogens is 312 g/mol. The minimum absolute atomic E-state index is 0.181. The summed E-state index contributed by atoms with van der Waals surface area (Å²) in [5, 5.41) is 10.1. The zero-order chi connectivity index (χ0) is 16.6. The van der Waals surface area contributed by atoms with E-state index in [1.165, 1.54) is 0 Å². The number of aliphatic hydroxyl groups excluding tert-OH is 1. The molecule has 1 aromatic carbocycles. The Morgan fingerprint density at radius 1 is 1.43 bits per heavy atom. The molecule has 1 amide bonds. The SMILES string of the molecule is CC(C)(C)OC(=O)N1CCC(O)C[C@H]1c1ccc2scnc2c1. The fourth-order valence-corrected chi connectivity index (χ4v) is 3.54. The third kappa shape index (κ3) is 3.64. The second kappa shape index (κ2) is 6.09. The normalized spacial score (nSPS) is 22.3. The first-order valence-electron chi connectivity index (χ1n) is 7.84. The molecule has 1 aliphatic rings. The number of carbonyl (C=O) groups is 1. The molecule has 124 valence electrons. The summed E-state index contributed by atoms with van der Waals surface area (Å²) < 4.78 is 6.65. The molecule has 1 aliphatic heterocycles. The molecule has 2 atom stereocenters. The number of fused-ring (bicyclic) bond motifs is 1. The lowest BCUT2D eigenvalue weighted by Gasteiger charge is -2.38. The Hall–Kier alpha value is -1.66. The molecule has 0 radical (unpaired) electrons. The number of thiazole rings is 1. The van der Waals surface area contributed by atoms with Crippen molar-refractivity contribution < 1.29 is 14.6 Å². The Balaban J connectivity index is 1.89. The Bertz CT molecular complexity index is 707. The summed E-state index contributed by atoms with van der Waals surface area (Å²) in [5.41, 5.74) is 3.21. The molecule has 1 fully saturated rings. The number of nitrogens with zero attached hydrogens (tertiary/aromatic N) is 2. The van der Waals surface area contributed by atoms with Crippen molar-refractivity contribution in [3.63, 3.8) is 0 Å². The molecule has 1 unspecified atom stereocenters. The van der Waals surface area contributed by atoms with Gasteiger partial charge in [0.05, 0.1) is 27.9 Å². The molecule has 1 saturated heterocycles. The van der Waals surface area contributed by atoms with E-state index >= 15 is 0 Å². The van der Waals surface area contributed by atoms with Crippen LogP contribution in [0.1, 0.15) is 45.2 Å². The largest absolute Gasteiger partial charge is 0.444 e. The van der Waals surface area contributed by atoms with Crippen molar-refractivity contribution in [1.29, 1.82) is 0 Å². The van der Waals surface area contributed by atoms with Gasteiger partial charge in [-0.3, -0.25) is 0 Å². The molecule has 2 heterocycles. The number of likely N-dealkylation sites (tertiary alicyclic amines) is 1. The van der Waals surface area contributed by atoms with Gasteiger partial charge in [-0.25, -0.2) is 9.78 Å². The molecule has 0 aliphatic carbocycles. The minimum atomic E-state index is -0.531. The van der Waals surface area contributed by atoms with Gasteiger partial charge in [0, 0.05) is 6.54 Å². The van der Waals surface area contributed by atoms with Gasteiger partial charge in [0.1, 0.15) is 5.60 Å². The highest BCUT2D eigenvalue weighted by Gasteiger charge is 2.34. The highest BCUT2D eigenvalue weighted by Crippen LogP contribution is 2.34. The summed E-state index contributed by atoms with van der Waals surface area (Å²) in [6.07, 6.45) is 0.376. The van der Waals surface area contributed by atoms with Gasteiger partial charge in [0.15, 0.2) is 0 Å². The lowest BCUT2D eigenvalue weighted by molar-refractivity contribution is -0.00841. The van der Waals surface area contributed by atoms with Crippen LogP contribution in [-0.2, 0) is 4.74 Å². The standard InChI is InChI=1S/C17H22N2O3S/c1-17(2,3)22-16(21)19-7-6-12(20)9-14(19)11-4-5-15-13(8-11)18-10-23-15/h4-5,8,10,12,14,20H,6-7,9H2,1-3H3/t12?,14-/m0/s1. The molecule has 0 spiro atoms. The Labute approximate surface area is 139 Å². The maximum absolute atomic E-state index is 12.5. The van der Waals surface area contributed by atoms with E-state index in [2.05, 4.69) is 4.98 Å². The molecule has 0 bridgehead atoms. The summed E-state index contributed by atoms with van der Waals surface area (Å²) >= 11 is 1.59. The first-order chi connectivity index (χ1) is 10.8. The number of hydrogen-bond donors (Lipinski definition) is 1. The van der Waals surface area contributed by atoms with E-state index in [1.807, 2.05) is 44.5 Å². The van der Waals surface area contributed by atoms with E-state index in [4.69, 9.17) is 4.74 Å². The van der Waals surface area contributed by atoms with Gasteiger partial charge in [0.25, 0.3) is 0 Å². The highest BCUT2D eigenvalue weighted by atomic mass is 32.1. The van der Waals surface area contributed by atoms with Crippen molar-refractivity contribution in [2.75, 3.05) is 6.54 Å². The minimum Gasteiger partial charge on any atom is -0.444 e. The molecule has 1 N–H and O–H groups in total. The van der Waals surface area contributed by atoms with Gasteiger partial charge < -0.3 is 14.7 Å². The van der Waals surface area contributed by atoms with Crippen LogP contribution >= 0.6 is 11.3 Å². The van der Waals surface area contributed by atoms with E-state index in [9.17, 15) is 9.90 Å². The van der Waals surface area contributed by atoms with Crippen LogP contribution in [0.5, 0.6) is 0 Å². The number of hydrogen-bond acceptors (Lipinski definition) is 5. The molecular formula is C17H22N2O3S. The second-order valence-corrected chi connectivity index (χ2v) is 7.83. The third-order valence-corrected chi connectivity index (χ3v) is 4.75. The second-order valence-electron chi connectivity index (χ2n) is 6.95. The van der Waals surface area contributed by atoms with Crippen molar-refractivity contribution in [2.45, 2.75) is 51.4 Å². The van der Waals surface area contributed by atoms with Crippen molar-refractivity contribution in [3.05, 3.63) is 29.3 Å². The van der Waals surface area contributed by atoms with E-state index in [0.717, 1.165) is 15.8 Å². The topological polar surface area (TPSA) is 62.7 Å². The van der Waals surface area contributed by atoms with E-state index in [1.54, 1.807) is 16.2 Å². The number of piperidine rings is 1. The number of aromatic nitrogens is 1. The maximum atomic E-state index is 12.5. The third-order valence-electron chi connectivity index (χ3n) is 3.94. The summed E-state index contributed by atoms with van der Waals surface area (Å²) in [7, 11) is 0. The molecule has 3 rings (SSSR count). The van der Waals surface area contributed by atoms with E-state index < -0.39 is 11.7 Å². The number of amides is 1. The first kappa shape index (κ1) is 16.2. The molecule has 6 heteroatoms. The van der Waals surface area contributed by atoms with Crippen LogP contribution < -0.4 is 0 Å². The number of benzene rings is 1. The van der Waals surface area contributed by atoms with Crippen molar-refractivity contribution in [1.82, 2.24) is 9.88 Å². The molecule has 23 heavy (non-hydrogen) atoms. The first-order valence-corrected chi connectivity index (χ1v) is 8.72. The number of ether oxygens (including phenoxy) is 1. The predicted molar refractivity (Wildman–Crippen MR) is 90.5 cm³/mol. The van der Waals surface area contributed by atoms with Crippen LogP contribution in [0.4, 0.5) is 4.79 Å². The van der Waals surface area contributed by atoms with Crippen molar-refractivity contribution in [2.24, 2.45) is 0 Å². The van der Waals surface area contributed by atoms with Crippen LogP contribution in [0.25, 0.3) is 10.2 Å². The zero-order valence-electron chi connectivity index (χ0n) is 13.7. The molecule has 1 aromatic heterocycles. The Morgan fingerprint density at radius 3 is 2.96 bits per heavy atom. The lowest BCUT2D eigenvalue weighted by atomic mass is 9.93. The van der Waals surface area contributed by atoms with Gasteiger partial charge >= 0.3 is 6.09 Å². The van der Waals surface area contributed by atoms with Crippen LogP contribution in [0.15, 0.2) is 23.7 Å². The average Bonchev–Trinajstić information content (AvgIpc) is 2.92. The van der Waals surface area contributed by atoms with Crippen LogP contribution in [0.2, 0.25) is 0 Å². The summed E-state index contributed by atoms with van der Waals surface area (Å²) in [4.78, 5) is 18.6. The van der Waals surface area contributed by atoms with Gasteiger partial charge in [-0.1, -0.05) is 6.07 Å². The van der Waals surface area contributed by atoms with Gasteiger partial charge in [-0.05, 0) is 51.3 Å². The van der Waals surface area contributed by atoms with Gasteiger partial charge in [0.2, 0.25) is 0 Å². The number of rotatable bonds is 1.